The van der Waals surface area contributed by atoms with Crippen LogP contribution >= 0.6 is 0 Å². The molecule has 1 saturated heterocycles. The Morgan fingerprint density at radius 3 is 2.86 bits per heavy atom. The summed E-state index contributed by atoms with van der Waals surface area (Å²) in [4.78, 5) is 17.9. The summed E-state index contributed by atoms with van der Waals surface area (Å²) in [6, 6.07) is 7.83. The molecule has 116 valence electrons. The summed E-state index contributed by atoms with van der Waals surface area (Å²) in [5.74, 6) is 0. The first kappa shape index (κ1) is 14.6. The second kappa shape index (κ2) is 6.62. The van der Waals surface area contributed by atoms with Gasteiger partial charge in [-0.15, -0.1) is 0 Å². The SMILES string of the molecule is O=C(NCc1ccc(-n2ccnc2)cc1)N1CCC[C@H]1CO. The first-order valence-electron chi connectivity index (χ1n) is 7.50. The van der Waals surface area contributed by atoms with Crippen LogP contribution in [0.25, 0.3) is 5.69 Å². The number of benzene rings is 1. The zero-order chi connectivity index (χ0) is 15.4. The van der Waals surface area contributed by atoms with E-state index >= 15 is 0 Å². The largest absolute Gasteiger partial charge is 0.394 e. The van der Waals surface area contributed by atoms with Crippen molar-refractivity contribution in [3.8, 4) is 5.69 Å². The van der Waals surface area contributed by atoms with Crippen LogP contribution in [0.15, 0.2) is 43.0 Å². The summed E-state index contributed by atoms with van der Waals surface area (Å²) in [7, 11) is 0. The number of amides is 2. The molecule has 1 aliphatic rings. The second-order valence-electron chi connectivity index (χ2n) is 5.47. The number of likely N-dealkylation sites (tertiary alicyclic amines) is 1. The number of aliphatic hydroxyl groups is 1. The van der Waals surface area contributed by atoms with E-state index in [1.165, 1.54) is 0 Å². The van der Waals surface area contributed by atoms with Gasteiger partial charge in [0.25, 0.3) is 0 Å². The van der Waals surface area contributed by atoms with E-state index in [0.29, 0.717) is 6.54 Å². The molecule has 2 heterocycles. The van der Waals surface area contributed by atoms with Gasteiger partial charge in [0.15, 0.2) is 0 Å². The fraction of sp³-hybridized carbons (Fsp3) is 0.375. The highest BCUT2D eigenvalue weighted by Gasteiger charge is 2.27. The van der Waals surface area contributed by atoms with E-state index in [-0.39, 0.29) is 18.7 Å². The standard InChI is InChI=1S/C16H20N4O2/c21-11-15-2-1-8-20(15)16(22)18-10-13-3-5-14(6-4-13)19-9-7-17-12-19/h3-7,9,12,15,21H,1-2,8,10-11H2,(H,18,22)/t15-/m0/s1. The van der Waals surface area contributed by atoms with Gasteiger partial charge in [-0.05, 0) is 30.5 Å². The molecule has 3 rings (SSSR count). The number of hydrogen-bond donors (Lipinski definition) is 2. The minimum absolute atomic E-state index is 0.0347. The Morgan fingerprint density at radius 2 is 2.18 bits per heavy atom. The minimum atomic E-state index is -0.102. The number of hydrogen-bond acceptors (Lipinski definition) is 3. The molecule has 1 aliphatic heterocycles. The van der Waals surface area contributed by atoms with Crippen molar-refractivity contribution in [1.29, 1.82) is 0 Å². The number of rotatable bonds is 4. The fourth-order valence-corrected chi connectivity index (χ4v) is 2.77. The Bertz CT molecular complexity index is 610. The van der Waals surface area contributed by atoms with Gasteiger partial charge < -0.3 is 19.9 Å². The molecule has 6 nitrogen and oxygen atoms in total. The molecule has 6 heteroatoms. The van der Waals surface area contributed by atoms with E-state index in [2.05, 4.69) is 10.3 Å². The molecule has 1 aromatic carbocycles. The fourth-order valence-electron chi connectivity index (χ4n) is 2.77. The Kier molecular flexibility index (Phi) is 4.39. The number of carbonyl (C=O) groups excluding carboxylic acids is 1. The first-order chi connectivity index (χ1) is 10.8. The molecule has 1 fully saturated rings. The normalized spacial score (nSPS) is 17.7. The Balaban J connectivity index is 1.56. The van der Waals surface area contributed by atoms with Crippen LogP contribution in [-0.4, -0.2) is 44.8 Å². The van der Waals surface area contributed by atoms with Crippen molar-refractivity contribution in [3.63, 3.8) is 0 Å². The summed E-state index contributed by atoms with van der Waals surface area (Å²) in [5.41, 5.74) is 2.07. The van der Waals surface area contributed by atoms with E-state index in [1.807, 2.05) is 35.0 Å². The van der Waals surface area contributed by atoms with Crippen LogP contribution in [0.1, 0.15) is 18.4 Å². The number of nitrogens with zero attached hydrogens (tertiary/aromatic N) is 3. The zero-order valence-corrected chi connectivity index (χ0v) is 12.4. The van der Waals surface area contributed by atoms with Gasteiger partial charge in [-0.2, -0.15) is 0 Å². The van der Waals surface area contributed by atoms with E-state index in [9.17, 15) is 9.90 Å². The van der Waals surface area contributed by atoms with Gasteiger partial charge in [-0.25, -0.2) is 9.78 Å². The first-order valence-corrected chi connectivity index (χ1v) is 7.50. The van der Waals surface area contributed by atoms with Crippen molar-refractivity contribution in [3.05, 3.63) is 48.5 Å². The van der Waals surface area contributed by atoms with Crippen LogP contribution in [0, 0.1) is 0 Å². The summed E-state index contributed by atoms with van der Waals surface area (Å²) in [6.07, 6.45) is 7.21. The highest BCUT2D eigenvalue weighted by atomic mass is 16.3. The van der Waals surface area contributed by atoms with Crippen LogP contribution in [0.3, 0.4) is 0 Å². The van der Waals surface area contributed by atoms with E-state index in [1.54, 1.807) is 17.4 Å². The number of urea groups is 1. The topological polar surface area (TPSA) is 70.4 Å². The molecule has 2 amide bonds. The van der Waals surface area contributed by atoms with Crippen molar-refractivity contribution in [2.45, 2.75) is 25.4 Å². The second-order valence-corrected chi connectivity index (χ2v) is 5.47. The lowest BCUT2D eigenvalue weighted by Crippen LogP contribution is -2.43. The molecule has 2 N–H and O–H groups in total. The van der Waals surface area contributed by atoms with Crippen LogP contribution in [-0.2, 0) is 6.54 Å². The van der Waals surface area contributed by atoms with E-state index < -0.39 is 0 Å². The molecular formula is C16H20N4O2. The lowest BCUT2D eigenvalue weighted by atomic mass is 10.2. The lowest BCUT2D eigenvalue weighted by Gasteiger charge is -2.23. The van der Waals surface area contributed by atoms with Crippen molar-refractivity contribution in [2.24, 2.45) is 0 Å². The summed E-state index contributed by atoms with van der Waals surface area (Å²) in [5, 5.41) is 12.2. The molecule has 1 atom stereocenters. The summed E-state index contributed by atoms with van der Waals surface area (Å²) >= 11 is 0. The Morgan fingerprint density at radius 1 is 1.36 bits per heavy atom. The summed E-state index contributed by atoms with van der Waals surface area (Å²) in [6.45, 7) is 1.24. The highest BCUT2D eigenvalue weighted by Crippen LogP contribution is 2.16. The zero-order valence-electron chi connectivity index (χ0n) is 12.4. The number of imidazole rings is 1. The van der Waals surface area contributed by atoms with Crippen LogP contribution < -0.4 is 5.32 Å². The van der Waals surface area contributed by atoms with Gasteiger partial charge in [0.1, 0.15) is 0 Å². The maximum absolute atomic E-state index is 12.1. The molecule has 0 radical (unpaired) electrons. The number of nitrogens with one attached hydrogen (secondary N) is 1. The van der Waals surface area contributed by atoms with Crippen molar-refractivity contribution in [1.82, 2.24) is 19.8 Å². The van der Waals surface area contributed by atoms with Crippen LogP contribution in [0.5, 0.6) is 0 Å². The maximum Gasteiger partial charge on any atom is 0.317 e. The molecule has 0 spiro atoms. The van der Waals surface area contributed by atoms with Crippen molar-refractivity contribution >= 4 is 6.03 Å². The average molecular weight is 300 g/mol. The summed E-state index contributed by atoms with van der Waals surface area (Å²) < 4.78 is 1.93. The lowest BCUT2D eigenvalue weighted by molar-refractivity contribution is 0.157. The molecule has 0 bridgehead atoms. The quantitative estimate of drug-likeness (QED) is 0.900. The van der Waals surface area contributed by atoms with Gasteiger partial charge in [0.05, 0.1) is 19.0 Å². The molecular weight excluding hydrogens is 280 g/mol. The van der Waals surface area contributed by atoms with Gasteiger partial charge in [-0.1, -0.05) is 12.1 Å². The van der Waals surface area contributed by atoms with E-state index in [4.69, 9.17) is 0 Å². The third kappa shape index (κ3) is 3.12. The third-order valence-corrected chi connectivity index (χ3v) is 4.03. The van der Waals surface area contributed by atoms with Gasteiger partial charge in [0.2, 0.25) is 0 Å². The smallest absolute Gasteiger partial charge is 0.317 e. The molecule has 2 aromatic rings. The molecule has 0 aliphatic carbocycles. The van der Waals surface area contributed by atoms with Gasteiger partial charge in [-0.3, -0.25) is 0 Å². The van der Waals surface area contributed by atoms with Crippen LogP contribution in [0.4, 0.5) is 4.79 Å². The predicted molar refractivity (Wildman–Crippen MR) is 82.6 cm³/mol. The molecule has 22 heavy (non-hydrogen) atoms. The van der Waals surface area contributed by atoms with Gasteiger partial charge >= 0.3 is 6.03 Å². The van der Waals surface area contributed by atoms with Crippen molar-refractivity contribution < 1.29 is 9.90 Å². The number of aliphatic hydroxyl groups excluding tert-OH is 1. The highest BCUT2D eigenvalue weighted by molar-refractivity contribution is 5.74. The Hall–Kier alpha value is -2.34. The number of carbonyl (C=O) groups is 1. The van der Waals surface area contributed by atoms with Crippen LogP contribution in [0.2, 0.25) is 0 Å². The minimum Gasteiger partial charge on any atom is -0.394 e. The molecule has 0 saturated carbocycles. The number of aromatic nitrogens is 2. The van der Waals surface area contributed by atoms with Crippen molar-refractivity contribution in [2.75, 3.05) is 13.2 Å². The monoisotopic (exact) mass is 300 g/mol. The molecule has 0 unspecified atom stereocenters. The van der Waals surface area contributed by atoms with Gasteiger partial charge in [0, 0.05) is 31.2 Å². The van der Waals surface area contributed by atoms with E-state index in [0.717, 1.165) is 30.6 Å². The Labute approximate surface area is 129 Å². The average Bonchev–Trinajstić information content (AvgIpc) is 3.24. The third-order valence-electron chi connectivity index (χ3n) is 4.03. The molecule has 1 aromatic heterocycles. The predicted octanol–water partition coefficient (Wildman–Crippen LogP) is 1.54. The maximum atomic E-state index is 12.1.